The highest BCUT2D eigenvalue weighted by molar-refractivity contribution is 7.10. The second-order valence-electron chi connectivity index (χ2n) is 6.18. The molecule has 0 radical (unpaired) electrons. The van der Waals surface area contributed by atoms with E-state index in [1.54, 1.807) is 25.6 Å². The Morgan fingerprint density at radius 1 is 1.17 bits per heavy atom. The second-order valence-corrected chi connectivity index (χ2v) is 7.13. The van der Waals surface area contributed by atoms with E-state index in [-0.39, 0.29) is 11.4 Å². The van der Waals surface area contributed by atoms with E-state index in [1.807, 2.05) is 18.2 Å². The largest absolute Gasteiger partial charge is 0.493 e. The summed E-state index contributed by atoms with van der Waals surface area (Å²) in [7, 11) is 3.21. The third-order valence-electron chi connectivity index (χ3n) is 4.64. The number of benzene rings is 1. The summed E-state index contributed by atoms with van der Waals surface area (Å²) in [6.45, 7) is 0. The van der Waals surface area contributed by atoms with Gasteiger partial charge < -0.3 is 14.8 Å². The van der Waals surface area contributed by atoms with Crippen LogP contribution in [0.25, 0.3) is 0 Å². The summed E-state index contributed by atoms with van der Waals surface area (Å²) in [5.74, 6) is 1.38. The first-order valence-electron chi connectivity index (χ1n) is 8.23. The number of hydrogen-bond acceptors (Lipinski definition) is 4. The van der Waals surface area contributed by atoms with Crippen molar-refractivity contribution in [3.8, 4) is 11.5 Å². The lowest BCUT2D eigenvalue weighted by atomic mass is 9.94. The molecule has 1 saturated carbocycles. The Bertz CT molecular complexity index is 691. The van der Waals surface area contributed by atoms with Crippen LogP contribution in [-0.4, -0.2) is 20.1 Å². The van der Waals surface area contributed by atoms with Crippen LogP contribution >= 0.6 is 11.3 Å². The number of nitrogens with one attached hydrogen (secondary N) is 1. The topological polar surface area (TPSA) is 47.6 Å². The summed E-state index contributed by atoms with van der Waals surface area (Å²) in [5, 5.41) is 5.39. The standard InChI is InChI=1S/C19H23NO3S/c1-22-15-8-7-14(12-16(15)23-2)13-18(21)20-19(9-3-4-10-19)17-6-5-11-24-17/h5-8,11-12H,3-4,9-10,13H2,1-2H3,(H,20,21). The molecule has 1 fully saturated rings. The number of amides is 1. The van der Waals surface area contributed by atoms with Crippen LogP contribution in [0.4, 0.5) is 0 Å². The van der Waals surface area contributed by atoms with Gasteiger partial charge in [-0.15, -0.1) is 11.3 Å². The lowest BCUT2D eigenvalue weighted by molar-refractivity contribution is -0.122. The molecule has 0 spiro atoms. The molecule has 24 heavy (non-hydrogen) atoms. The van der Waals surface area contributed by atoms with Crippen molar-refractivity contribution < 1.29 is 14.3 Å². The van der Waals surface area contributed by atoms with Gasteiger partial charge in [0, 0.05) is 4.88 Å². The zero-order chi connectivity index (χ0) is 17.0. The molecule has 0 atom stereocenters. The Balaban J connectivity index is 1.73. The smallest absolute Gasteiger partial charge is 0.225 e. The molecular weight excluding hydrogens is 322 g/mol. The van der Waals surface area contributed by atoms with E-state index in [4.69, 9.17) is 9.47 Å². The van der Waals surface area contributed by atoms with Crippen LogP contribution in [0.3, 0.4) is 0 Å². The fraction of sp³-hybridized carbons (Fsp3) is 0.421. The summed E-state index contributed by atoms with van der Waals surface area (Å²) in [6.07, 6.45) is 4.70. The normalized spacial score (nSPS) is 15.9. The van der Waals surface area contributed by atoms with Gasteiger partial charge in [-0.25, -0.2) is 0 Å². The average molecular weight is 345 g/mol. The van der Waals surface area contributed by atoms with E-state index >= 15 is 0 Å². The van der Waals surface area contributed by atoms with Crippen molar-refractivity contribution in [2.45, 2.75) is 37.6 Å². The van der Waals surface area contributed by atoms with Gasteiger partial charge in [-0.1, -0.05) is 25.0 Å². The third kappa shape index (κ3) is 3.41. The molecule has 2 aromatic rings. The molecule has 1 aromatic heterocycles. The Hall–Kier alpha value is -2.01. The highest BCUT2D eigenvalue weighted by Crippen LogP contribution is 2.40. The summed E-state index contributed by atoms with van der Waals surface area (Å²) >= 11 is 1.73. The quantitative estimate of drug-likeness (QED) is 0.864. The molecule has 1 heterocycles. The SMILES string of the molecule is COc1ccc(CC(=O)NC2(c3cccs3)CCCC2)cc1OC. The van der Waals surface area contributed by atoms with Crippen LogP contribution in [0.2, 0.25) is 0 Å². The van der Waals surface area contributed by atoms with Crippen molar-refractivity contribution >= 4 is 17.2 Å². The number of ether oxygens (including phenoxy) is 2. The highest BCUT2D eigenvalue weighted by Gasteiger charge is 2.37. The van der Waals surface area contributed by atoms with Crippen LogP contribution in [0.15, 0.2) is 35.7 Å². The van der Waals surface area contributed by atoms with Crippen LogP contribution in [0.5, 0.6) is 11.5 Å². The molecule has 1 N–H and O–H groups in total. The van der Waals surface area contributed by atoms with Gasteiger partial charge in [0.15, 0.2) is 11.5 Å². The minimum atomic E-state index is -0.179. The van der Waals surface area contributed by atoms with E-state index in [9.17, 15) is 4.79 Å². The van der Waals surface area contributed by atoms with E-state index in [1.165, 1.54) is 4.88 Å². The maximum absolute atomic E-state index is 12.6. The molecule has 3 rings (SSSR count). The Morgan fingerprint density at radius 3 is 2.54 bits per heavy atom. The van der Waals surface area contributed by atoms with E-state index in [0.29, 0.717) is 17.9 Å². The molecular formula is C19H23NO3S. The van der Waals surface area contributed by atoms with Gasteiger partial charge in [0.1, 0.15) is 0 Å². The number of carbonyl (C=O) groups is 1. The molecule has 0 aliphatic heterocycles. The molecule has 0 bridgehead atoms. The average Bonchev–Trinajstić information content (AvgIpc) is 3.26. The molecule has 128 valence electrons. The lowest BCUT2D eigenvalue weighted by Gasteiger charge is -2.29. The van der Waals surface area contributed by atoms with E-state index in [0.717, 1.165) is 31.2 Å². The van der Waals surface area contributed by atoms with Crippen LogP contribution in [0.1, 0.15) is 36.1 Å². The maximum Gasteiger partial charge on any atom is 0.225 e. The van der Waals surface area contributed by atoms with Crippen LogP contribution < -0.4 is 14.8 Å². The van der Waals surface area contributed by atoms with Crippen molar-refractivity contribution in [3.63, 3.8) is 0 Å². The Kier molecular flexibility index (Phi) is 5.09. The maximum atomic E-state index is 12.6. The number of hydrogen-bond donors (Lipinski definition) is 1. The first-order valence-corrected chi connectivity index (χ1v) is 9.11. The second kappa shape index (κ2) is 7.26. The van der Waals surface area contributed by atoms with Gasteiger partial charge in [0.25, 0.3) is 0 Å². The van der Waals surface area contributed by atoms with Crippen molar-refractivity contribution in [3.05, 3.63) is 46.2 Å². The minimum absolute atomic E-state index is 0.0533. The van der Waals surface area contributed by atoms with Gasteiger partial charge in [0.2, 0.25) is 5.91 Å². The molecule has 1 aliphatic carbocycles. The van der Waals surface area contributed by atoms with Crippen molar-refractivity contribution in [2.75, 3.05) is 14.2 Å². The predicted molar refractivity (Wildman–Crippen MR) is 95.9 cm³/mol. The number of rotatable bonds is 6. The van der Waals surface area contributed by atoms with Crippen LogP contribution in [0, 0.1) is 0 Å². The fourth-order valence-corrected chi connectivity index (χ4v) is 4.39. The molecule has 0 saturated heterocycles. The van der Waals surface area contributed by atoms with Gasteiger partial charge in [-0.2, -0.15) is 0 Å². The van der Waals surface area contributed by atoms with E-state index < -0.39 is 0 Å². The molecule has 0 unspecified atom stereocenters. The first kappa shape index (κ1) is 16.8. The van der Waals surface area contributed by atoms with Crippen molar-refractivity contribution in [2.24, 2.45) is 0 Å². The molecule has 5 heteroatoms. The summed E-state index contributed by atoms with van der Waals surface area (Å²) in [5.41, 5.74) is 0.742. The van der Waals surface area contributed by atoms with E-state index in [2.05, 4.69) is 22.8 Å². The zero-order valence-corrected chi connectivity index (χ0v) is 14.9. The van der Waals surface area contributed by atoms with Crippen LogP contribution in [-0.2, 0) is 16.8 Å². The third-order valence-corrected chi connectivity index (χ3v) is 5.72. The summed E-state index contributed by atoms with van der Waals surface area (Å²) in [6, 6.07) is 9.80. The lowest BCUT2D eigenvalue weighted by Crippen LogP contribution is -2.43. The van der Waals surface area contributed by atoms with Gasteiger partial charge in [0.05, 0.1) is 26.2 Å². The zero-order valence-electron chi connectivity index (χ0n) is 14.1. The minimum Gasteiger partial charge on any atom is -0.493 e. The monoisotopic (exact) mass is 345 g/mol. The highest BCUT2D eigenvalue weighted by atomic mass is 32.1. The molecule has 1 aromatic carbocycles. The number of methoxy groups -OCH3 is 2. The number of carbonyl (C=O) groups excluding carboxylic acids is 1. The van der Waals surface area contributed by atoms with Crippen molar-refractivity contribution in [1.82, 2.24) is 5.32 Å². The van der Waals surface area contributed by atoms with Gasteiger partial charge in [-0.3, -0.25) is 4.79 Å². The first-order chi connectivity index (χ1) is 11.7. The number of thiophene rings is 1. The fourth-order valence-electron chi connectivity index (χ4n) is 3.45. The summed E-state index contributed by atoms with van der Waals surface area (Å²) in [4.78, 5) is 13.9. The molecule has 4 nitrogen and oxygen atoms in total. The molecule has 1 amide bonds. The predicted octanol–water partition coefficient (Wildman–Crippen LogP) is 3.89. The molecule has 1 aliphatic rings. The van der Waals surface area contributed by atoms with Crippen molar-refractivity contribution in [1.29, 1.82) is 0 Å². The van der Waals surface area contributed by atoms with Gasteiger partial charge in [-0.05, 0) is 42.0 Å². The van der Waals surface area contributed by atoms with Gasteiger partial charge >= 0.3 is 0 Å². The Labute approximate surface area is 146 Å². The Morgan fingerprint density at radius 2 is 1.92 bits per heavy atom. The summed E-state index contributed by atoms with van der Waals surface area (Å²) < 4.78 is 10.6.